The normalized spacial score (nSPS) is 16.1. The largest absolute Gasteiger partial charge is 0.489 e. The standard InChI is InChI=1S/C13H16ClNO2/c14-11-7-9(12(16)8-15)5-6-13(11)17-10-3-1-2-4-10/h5-7,10H,1-4,8,15H2. The fourth-order valence-electron chi connectivity index (χ4n) is 2.07. The van der Waals surface area contributed by atoms with E-state index in [9.17, 15) is 4.79 Å². The molecule has 0 bridgehead atoms. The molecule has 2 rings (SSSR count). The highest BCUT2D eigenvalue weighted by Gasteiger charge is 2.18. The maximum absolute atomic E-state index is 11.4. The molecule has 1 aliphatic rings. The zero-order valence-corrected chi connectivity index (χ0v) is 10.4. The quantitative estimate of drug-likeness (QED) is 0.840. The number of benzene rings is 1. The average molecular weight is 254 g/mol. The summed E-state index contributed by atoms with van der Waals surface area (Å²) < 4.78 is 5.80. The van der Waals surface area contributed by atoms with Gasteiger partial charge in [-0.1, -0.05) is 11.6 Å². The van der Waals surface area contributed by atoms with Crippen LogP contribution in [0.2, 0.25) is 5.02 Å². The van der Waals surface area contributed by atoms with Gasteiger partial charge in [0, 0.05) is 5.56 Å². The van der Waals surface area contributed by atoms with Gasteiger partial charge in [-0.3, -0.25) is 4.79 Å². The zero-order valence-electron chi connectivity index (χ0n) is 9.62. The van der Waals surface area contributed by atoms with Crippen LogP contribution in [0.5, 0.6) is 5.75 Å². The Balaban J connectivity index is 2.10. The van der Waals surface area contributed by atoms with E-state index in [2.05, 4.69) is 0 Å². The number of rotatable bonds is 4. The monoisotopic (exact) mass is 253 g/mol. The fraction of sp³-hybridized carbons (Fsp3) is 0.462. The number of Topliss-reactive ketones (excluding diaryl/α,β-unsaturated/α-hetero) is 1. The van der Waals surface area contributed by atoms with Crippen LogP contribution in [0.3, 0.4) is 0 Å². The molecule has 92 valence electrons. The molecule has 1 aromatic rings. The minimum atomic E-state index is -0.112. The highest BCUT2D eigenvalue weighted by atomic mass is 35.5. The topological polar surface area (TPSA) is 52.3 Å². The van der Waals surface area contributed by atoms with Crippen molar-refractivity contribution in [3.05, 3.63) is 28.8 Å². The highest BCUT2D eigenvalue weighted by molar-refractivity contribution is 6.32. The Morgan fingerprint density at radius 2 is 2.12 bits per heavy atom. The van der Waals surface area contributed by atoms with Gasteiger partial charge in [-0.05, 0) is 43.9 Å². The molecule has 0 heterocycles. The molecule has 3 nitrogen and oxygen atoms in total. The van der Waals surface area contributed by atoms with Crippen molar-refractivity contribution in [3.8, 4) is 5.75 Å². The lowest BCUT2D eigenvalue weighted by molar-refractivity contribution is 0.100. The van der Waals surface area contributed by atoms with Crippen molar-refractivity contribution in [1.82, 2.24) is 0 Å². The summed E-state index contributed by atoms with van der Waals surface area (Å²) in [6.45, 7) is -0.000836. The van der Waals surface area contributed by atoms with Gasteiger partial charge in [0.25, 0.3) is 0 Å². The van der Waals surface area contributed by atoms with Crippen LogP contribution in [0.25, 0.3) is 0 Å². The predicted octanol–water partition coefficient (Wildman–Crippen LogP) is 2.80. The molecule has 0 aromatic heterocycles. The van der Waals surface area contributed by atoms with E-state index in [-0.39, 0.29) is 18.4 Å². The summed E-state index contributed by atoms with van der Waals surface area (Å²) in [7, 11) is 0. The van der Waals surface area contributed by atoms with Gasteiger partial charge in [-0.25, -0.2) is 0 Å². The summed E-state index contributed by atoms with van der Waals surface area (Å²) >= 11 is 6.09. The van der Waals surface area contributed by atoms with Crippen molar-refractivity contribution in [1.29, 1.82) is 0 Å². The molecule has 0 saturated heterocycles. The van der Waals surface area contributed by atoms with Gasteiger partial charge in [-0.15, -0.1) is 0 Å². The maximum atomic E-state index is 11.4. The Bertz CT molecular complexity index is 414. The Morgan fingerprint density at radius 1 is 1.41 bits per heavy atom. The molecule has 1 aromatic carbocycles. The number of hydrogen-bond acceptors (Lipinski definition) is 3. The second kappa shape index (κ2) is 5.52. The lowest BCUT2D eigenvalue weighted by Crippen LogP contribution is -2.14. The maximum Gasteiger partial charge on any atom is 0.176 e. The van der Waals surface area contributed by atoms with E-state index in [0.29, 0.717) is 16.3 Å². The molecule has 17 heavy (non-hydrogen) atoms. The highest BCUT2D eigenvalue weighted by Crippen LogP contribution is 2.30. The van der Waals surface area contributed by atoms with Gasteiger partial charge >= 0.3 is 0 Å². The molecular weight excluding hydrogens is 238 g/mol. The van der Waals surface area contributed by atoms with Crippen molar-refractivity contribution >= 4 is 17.4 Å². The molecule has 4 heteroatoms. The first-order valence-corrected chi connectivity index (χ1v) is 6.28. The molecule has 1 saturated carbocycles. The Hall–Kier alpha value is -1.06. The van der Waals surface area contributed by atoms with Crippen LogP contribution in [0.1, 0.15) is 36.0 Å². The molecule has 0 unspecified atom stereocenters. The third kappa shape index (κ3) is 2.99. The first kappa shape index (κ1) is 12.4. The number of halogens is 1. The van der Waals surface area contributed by atoms with E-state index in [0.717, 1.165) is 12.8 Å². The molecule has 0 amide bonds. The van der Waals surface area contributed by atoms with Gasteiger partial charge < -0.3 is 10.5 Å². The van der Waals surface area contributed by atoms with Crippen molar-refractivity contribution in [2.75, 3.05) is 6.54 Å². The Morgan fingerprint density at radius 3 is 2.71 bits per heavy atom. The molecule has 0 radical (unpaired) electrons. The van der Waals surface area contributed by atoms with Crippen LogP contribution in [0, 0.1) is 0 Å². The van der Waals surface area contributed by atoms with Gasteiger partial charge in [0.05, 0.1) is 17.7 Å². The van der Waals surface area contributed by atoms with Crippen molar-refractivity contribution in [3.63, 3.8) is 0 Å². The molecule has 0 aliphatic heterocycles. The summed E-state index contributed by atoms with van der Waals surface area (Å²) in [6, 6.07) is 5.09. The first-order chi connectivity index (χ1) is 8.20. The van der Waals surface area contributed by atoms with Crippen LogP contribution in [0.4, 0.5) is 0 Å². The van der Waals surface area contributed by atoms with Crippen LogP contribution >= 0.6 is 11.6 Å². The van der Waals surface area contributed by atoms with E-state index in [4.69, 9.17) is 22.1 Å². The van der Waals surface area contributed by atoms with Gasteiger partial charge in [0.1, 0.15) is 5.75 Å². The van der Waals surface area contributed by atoms with Crippen molar-refractivity contribution in [2.45, 2.75) is 31.8 Å². The fourth-order valence-corrected chi connectivity index (χ4v) is 2.30. The number of carbonyl (C=O) groups excluding carboxylic acids is 1. The van der Waals surface area contributed by atoms with Gasteiger partial charge in [0.15, 0.2) is 5.78 Å². The summed E-state index contributed by atoms with van der Waals surface area (Å²) in [5.74, 6) is 0.548. The SMILES string of the molecule is NCC(=O)c1ccc(OC2CCCC2)c(Cl)c1. The van der Waals surface area contributed by atoms with Crippen molar-refractivity contribution < 1.29 is 9.53 Å². The van der Waals surface area contributed by atoms with E-state index >= 15 is 0 Å². The predicted molar refractivity (Wildman–Crippen MR) is 67.7 cm³/mol. The third-order valence-corrected chi connectivity index (χ3v) is 3.33. The van der Waals surface area contributed by atoms with Gasteiger partial charge in [-0.2, -0.15) is 0 Å². The van der Waals surface area contributed by atoms with Crippen molar-refractivity contribution in [2.24, 2.45) is 5.73 Å². The number of ketones is 1. The zero-order chi connectivity index (χ0) is 12.3. The minimum absolute atomic E-state index is 0.000836. The van der Waals surface area contributed by atoms with E-state index in [1.807, 2.05) is 0 Å². The molecule has 1 aliphatic carbocycles. The lowest BCUT2D eigenvalue weighted by atomic mass is 10.1. The molecular formula is C13H16ClNO2. The number of carbonyl (C=O) groups is 1. The third-order valence-electron chi connectivity index (χ3n) is 3.04. The molecule has 1 fully saturated rings. The molecule has 2 N–H and O–H groups in total. The molecule has 0 spiro atoms. The second-order valence-corrected chi connectivity index (χ2v) is 4.70. The average Bonchev–Trinajstić information content (AvgIpc) is 2.83. The van der Waals surface area contributed by atoms with Gasteiger partial charge in [0.2, 0.25) is 0 Å². The van der Waals surface area contributed by atoms with Crippen LogP contribution in [0.15, 0.2) is 18.2 Å². The smallest absolute Gasteiger partial charge is 0.176 e. The number of hydrogen-bond donors (Lipinski definition) is 1. The number of ether oxygens (including phenoxy) is 1. The van der Waals surface area contributed by atoms with E-state index < -0.39 is 0 Å². The van der Waals surface area contributed by atoms with E-state index in [1.165, 1.54) is 12.8 Å². The van der Waals surface area contributed by atoms with Crippen LogP contribution in [-0.2, 0) is 0 Å². The lowest BCUT2D eigenvalue weighted by Gasteiger charge is -2.14. The second-order valence-electron chi connectivity index (χ2n) is 4.30. The summed E-state index contributed by atoms with van der Waals surface area (Å²) in [5, 5.41) is 0.483. The van der Waals surface area contributed by atoms with Crippen LogP contribution in [-0.4, -0.2) is 18.4 Å². The minimum Gasteiger partial charge on any atom is -0.489 e. The summed E-state index contributed by atoms with van der Waals surface area (Å²) in [5.41, 5.74) is 5.84. The summed E-state index contributed by atoms with van der Waals surface area (Å²) in [4.78, 5) is 11.4. The number of nitrogens with two attached hydrogens (primary N) is 1. The molecule has 0 atom stereocenters. The Kier molecular flexibility index (Phi) is 4.02. The van der Waals surface area contributed by atoms with Crippen LogP contribution < -0.4 is 10.5 Å². The van der Waals surface area contributed by atoms with E-state index in [1.54, 1.807) is 18.2 Å². The first-order valence-electron chi connectivity index (χ1n) is 5.90. The Labute approximate surface area is 106 Å². The summed E-state index contributed by atoms with van der Waals surface area (Å²) in [6.07, 6.45) is 4.86.